The second-order valence-corrected chi connectivity index (χ2v) is 8.12. The fourth-order valence-corrected chi connectivity index (χ4v) is 3.91. The number of halogens is 4. The molecule has 3 rings (SSSR count). The molecule has 0 saturated heterocycles. The maximum absolute atomic E-state index is 13.0. The molecule has 0 aliphatic heterocycles. The summed E-state index contributed by atoms with van der Waals surface area (Å²) in [5, 5.41) is 6.07. The quantitative estimate of drug-likeness (QED) is 0.619. The SMILES string of the molecule is CC(C)[C@@H](Nc1ccc(C(F)(F)F)cc1Cl)C(=O)N[C@H]1CCCc2ccccc21. The highest BCUT2D eigenvalue weighted by atomic mass is 35.5. The molecule has 7 heteroatoms. The number of fused-ring (bicyclic) bond motifs is 1. The summed E-state index contributed by atoms with van der Waals surface area (Å²) in [5.41, 5.74) is 1.85. The van der Waals surface area contributed by atoms with Gasteiger partial charge in [0.25, 0.3) is 0 Å². The maximum Gasteiger partial charge on any atom is 0.416 e. The lowest BCUT2D eigenvalue weighted by Gasteiger charge is -2.30. The van der Waals surface area contributed by atoms with Crippen molar-refractivity contribution in [3.05, 3.63) is 64.2 Å². The largest absolute Gasteiger partial charge is 0.416 e. The Hall–Kier alpha value is -2.21. The molecule has 2 N–H and O–H groups in total. The van der Waals surface area contributed by atoms with Crippen molar-refractivity contribution in [2.75, 3.05) is 5.32 Å². The van der Waals surface area contributed by atoms with E-state index in [1.807, 2.05) is 32.0 Å². The Morgan fingerprint density at radius 1 is 1.17 bits per heavy atom. The van der Waals surface area contributed by atoms with Crippen molar-refractivity contribution >= 4 is 23.2 Å². The summed E-state index contributed by atoms with van der Waals surface area (Å²) in [5.74, 6) is -0.287. The zero-order valence-electron chi connectivity index (χ0n) is 16.3. The van der Waals surface area contributed by atoms with E-state index in [1.165, 1.54) is 11.6 Å². The summed E-state index contributed by atoms with van der Waals surface area (Å²) >= 11 is 6.05. The lowest BCUT2D eigenvalue weighted by Crippen LogP contribution is -2.45. The Labute approximate surface area is 173 Å². The van der Waals surface area contributed by atoms with Gasteiger partial charge in [0.1, 0.15) is 6.04 Å². The van der Waals surface area contributed by atoms with Crippen molar-refractivity contribution in [2.24, 2.45) is 5.92 Å². The molecule has 0 unspecified atom stereocenters. The molecule has 156 valence electrons. The Morgan fingerprint density at radius 2 is 1.90 bits per heavy atom. The molecule has 1 aliphatic rings. The molecule has 1 amide bonds. The van der Waals surface area contributed by atoms with Crippen LogP contribution in [-0.2, 0) is 17.4 Å². The highest BCUT2D eigenvalue weighted by Crippen LogP contribution is 2.34. The third-order valence-corrected chi connectivity index (χ3v) is 5.56. The number of amides is 1. The van der Waals surface area contributed by atoms with E-state index in [9.17, 15) is 18.0 Å². The summed E-state index contributed by atoms with van der Waals surface area (Å²) in [4.78, 5) is 13.0. The molecule has 0 fully saturated rings. The monoisotopic (exact) mass is 424 g/mol. The van der Waals surface area contributed by atoms with Crippen LogP contribution in [-0.4, -0.2) is 11.9 Å². The number of hydrogen-bond donors (Lipinski definition) is 2. The predicted octanol–water partition coefficient (Wildman–Crippen LogP) is 5.99. The molecule has 0 radical (unpaired) electrons. The van der Waals surface area contributed by atoms with Gasteiger partial charge in [-0.15, -0.1) is 0 Å². The Bertz CT molecular complexity index is 883. The predicted molar refractivity (Wildman–Crippen MR) is 109 cm³/mol. The zero-order chi connectivity index (χ0) is 21.2. The lowest BCUT2D eigenvalue weighted by molar-refractivity contribution is -0.137. The van der Waals surface area contributed by atoms with Gasteiger partial charge in [0.15, 0.2) is 0 Å². The number of hydrogen-bond acceptors (Lipinski definition) is 2. The Balaban J connectivity index is 1.76. The minimum Gasteiger partial charge on any atom is -0.372 e. The summed E-state index contributed by atoms with van der Waals surface area (Å²) in [6.45, 7) is 3.76. The molecule has 29 heavy (non-hydrogen) atoms. The van der Waals surface area contributed by atoms with Gasteiger partial charge >= 0.3 is 6.18 Å². The van der Waals surface area contributed by atoms with E-state index in [0.717, 1.165) is 37.0 Å². The summed E-state index contributed by atoms with van der Waals surface area (Å²) in [6, 6.07) is 10.5. The highest BCUT2D eigenvalue weighted by molar-refractivity contribution is 6.33. The molecular formula is C22H24ClF3N2O. The van der Waals surface area contributed by atoms with E-state index in [1.54, 1.807) is 0 Å². The minimum absolute atomic E-state index is 0.0683. The van der Waals surface area contributed by atoms with Gasteiger partial charge in [-0.3, -0.25) is 4.79 Å². The first-order valence-corrected chi connectivity index (χ1v) is 10.1. The van der Waals surface area contributed by atoms with Crippen molar-refractivity contribution in [1.82, 2.24) is 5.32 Å². The first-order valence-electron chi connectivity index (χ1n) is 9.68. The van der Waals surface area contributed by atoms with Gasteiger partial charge in [-0.25, -0.2) is 0 Å². The number of carbonyl (C=O) groups excluding carboxylic acids is 1. The molecule has 0 heterocycles. The van der Waals surface area contributed by atoms with E-state index in [0.29, 0.717) is 5.69 Å². The number of carbonyl (C=O) groups is 1. The number of rotatable bonds is 5. The molecular weight excluding hydrogens is 401 g/mol. The second-order valence-electron chi connectivity index (χ2n) is 7.71. The van der Waals surface area contributed by atoms with E-state index in [4.69, 9.17) is 11.6 Å². The van der Waals surface area contributed by atoms with Gasteiger partial charge in [-0.05, 0) is 54.5 Å². The molecule has 0 aromatic heterocycles. The summed E-state index contributed by atoms with van der Waals surface area (Å²) in [7, 11) is 0. The van der Waals surface area contributed by atoms with Gasteiger partial charge in [0, 0.05) is 0 Å². The molecule has 0 spiro atoms. The number of nitrogens with one attached hydrogen (secondary N) is 2. The first kappa shape index (κ1) is 21.5. The van der Waals surface area contributed by atoms with E-state index in [2.05, 4.69) is 16.7 Å². The third-order valence-electron chi connectivity index (χ3n) is 5.24. The third kappa shape index (κ3) is 5.04. The molecule has 2 aromatic rings. The van der Waals surface area contributed by atoms with Crippen molar-refractivity contribution in [3.63, 3.8) is 0 Å². The van der Waals surface area contributed by atoms with Gasteiger partial charge in [0.05, 0.1) is 22.3 Å². The second kappa shape index (κ2) is 8.66. The molecule has 1 aliphatic carbocycles. The van der Waals surface area contributed by atoms with Crippen LogP contribution in [0.4, 0.5) is 18.9 Å². The van der Waals surface area contributed by atoms with Gasteiger partial charge in [-0.1, -0.05) is 49.7 Å². The van der Waals surface area contributed by atoms with E-state index >= 15 is 0 Å². The van der Waals surface area contributed by atoms with Crippen molar-refractivity contribution in [2.45, 2.75) is 51.4 Å². The van der Waals surface area contributed by atoms with Crippen LogP contribution in [0.3, 0.4) is 0 Å². The number of anilines is 1. The fraction of sp³-hybridized carbons (Fsp3) is 0.409. The smallest absolute Gasteiger partial charge is 0.372 e. The number of benzene rings is 2. The van der Waals surface area contributed by atoms with Crippen LogP contribution in [0.5, 0.6) is 0 Å². The highest BCUT2D eigenvalue weighted by Gasteiger charge is 2.32. The molecule has 2 aromatic carbocycles. The van der Waals surface area contributed by atoms with Crippen LogP contribution >= 0.6 is 11.6 Å². The zero-order valence-corrected chi connectivity index (χ0v) is 17.1. The summed E-state index contributed by atoms with van der Waals surface area (Å²) < 4.78 is 38.6. The van der Waals surface area contributed by atoms with Crippen LogP contribution in [0, 0.1) is 5.92 Å². The Kier molecular flexibility index (Phi) is 6.42. The molecule has 0 bridgehead atoms. The fourth-order valence-electron chi connectivity index (χ4n) is 3.68. The van der Waals surface area contributed by atoms with Crippen molar-refractivity contribution in [3.8, 4) is 0 Å². The van der Waals surface area contributed by atoms with E-state index < -0.39 is 17.8 Å². The van der Waals surface area contributed by atoms with Gasteiger partial charge in [-0.2, -0.15) is 13.2 Å². The van der Waals surface area contributed by atoms with Crippen molar-refractivity contribution < 1.29 is 18.0 Å². The molecule has 2 atom stereocenters. The lowest BCUT2D eigenvalue weighted by atomic mass is 9.87. The maximum atomic E-state index is 13.0. The topological polar surface area (TPSA) is 41.1 Å². The first-order chi connectivity index (χ1) is 13.7. The average Bonchev–Trinajstić information content (AvgIpc) is 2.66. The average molecular weight is 425 g/mol. The van der Waals surface area contributed by atoms with Crippen LogP contribution < -0.4 is 10.6 Å². The standard InChI is InChI=1S/C22H24ClF3N2O/c1-13(2)20(27-19-11-10-15(12-17(19)23)22(24,25)26)21(29)28-18-9-5-7-14-6-3-4-8-16(14)18/h3-4,6,8,10-13,18,20,27H,5,7,9H2,1-2H3,(H,28,29)/t18-,20+/m0/s1. The molecule has 3 nitrogen and oxygen atoms in total. The van der Waals surface area contributed by atoms with Crippen LogP contribution in [0.25, 0.3) is 0 Å². The normalized spacial score (nSPS) is 17.6. The number of alkyl halides is 3. The van der Waals surface area contributed by atoms with E-state index in [-0.39, 0.29) is 22.9 Å². The number of aryl methyl sites for hydroxylation is 1. The molecule has 0 saturated carbocycles. The van der Waals surface area contributed by atoms with Crippen LogP contribution in [0.2, 0.25) is 5.02 Å². The van der Waals surface area contributed by atoms with Gasteiger partial charge < -0.3 is 10.6 Å². The minimum atomic E-state index is -4.47. The van der Waals surface area contributed by atoms with Crippen LogP contribution in [0.1, 0.15) is 49.4 Å². The van der Waals surface area contributed by atoms with Crippen LogP contribution in [0.15, 0.2) is 42.5 Å². The summed E-state index contributed by atoms with van der Waals surface area (Å²) in [6.07, 6.45) is -1.62. The Morgan fingerprint density at radius 3 is 2.55 bits per heavy atom. The van der Waals surface area contributed by atoms with Gasteiger partial charge in [0.2, 0.25) is 5.91 Å². The van der Waals surface area contributed by atoms with Crippen molar-refractivity contribution in [1.29, 1.82) is 0 Å².